The van der Waals surface area contributed by atoms with E-state index in [4.69, 9.17) is 75.2 Å². The van der Waals surface area contributed by atoms with Crippen LogP contribution < -0.4 is 33.2 Å². The van der Waals surface area contributed by atoms with E-state index in [0.29, 0.717) is 58.9 Å². The molecule has 0 aromatic carbocycles. The monoisotopic (exact) mass is 632 g/mol. The maximum absolute atomic E-state index is 11.1. The van der Waals surface area contributed by atoms with E-state index in [1.807, 2.05) is 4.90 Å². The van der Waals surface area contributed by atoms with Gasteiger partial charge in [0.2, 0.25) is 23.0 Å². The molecule has 0 spiro atoms. The van der Waals surface area contributed by atoms with Crippen LogP contribution in [0.4, 0.5) is 0 Å². The van der Waals surface area contributed by atoms with Crippen LogP contribution in [0, 0.1) is 0 Å². The number of amides is 3. The van der Waals surface area contributed by atoms with Crippen LogP contribution in [0.25, 0.3) is 0 Å². The van der Waals surface area contributed by atoms with Gasteiger partial charge >= 0.3 is 0 Å². The molecule has 0 rings (SSSR count). The zero-order valence-corrected chi connectivity index (χ0v) is 24.7. The smallest absolute Gasteiger partial charge is 0.236 e. The molecule has 0 radical (unpaired) electrons. The highest BCUT2D eigenvalue weighted by Gasteiger charge is 2.08. The number of hydrogen-bond donors (Lipinski definition) is 6. The number of hydrogen-bond acceptors (Lipinski definition) is 9. The summed E-state index contributed by atoms with van der Waals surface area (Å²) in [5.41, 5.74) is 16.1. The molecule has 0 fully saturated rings. The van der Waals surface area contributed by atoms with Crippen molar-refractivity contribution < 1.29 is 19.2 Å². The summed E-state index contributed by atoms with van der Waals surface area (Å²) in [4.78, 5) is 46.8. The molecule has 0 unspecified atom stereocenters. The zero-order chi connectivity index (χ0) is 28.9. The molecule has 3 amide bonds. The molecule has 37 heavy (non-hydrogen) atoms. The first-order valence-electron chi connectivity index (χ1n) is 11.4. The molecule has 0 atom stereocenters. The summed E-state index contributed by atoms with van der Waals surface area (Å²) in [6.45, 7) is 7.72. The minimum atomic E-state index is -0.508. The third-order valence-electron chi connectivity index (χ3n) is 4.06. The van der Waals surface area contributed by atoms with Gasteiger partial charge in [0.05, 0.1) is 5.88 Å². The molecule has 9 N–H and O–H groups in total. The Labute approximate surface area is 244 Å². The van der Waals surface area contributed by atoms with E-state index in [2.05, 4.69) is 20.9 Å². The quantitative estimate of drug-likeness (QED) is 0.0727. The third-order valence-corrected chi connectivity index (χ3v) is 5.30. The second kappa shape index (κ2) is 31.5. The zero-order valence-electron chi connectivity index (χ0n) is 21.0. The third kappa shape index (κ3) is 33.3. The van der Waals surface area contributed by atoms with Gasteiger partial charge in [-0.05, 0) is 11.6 Å². The van der Waals surface area contributed by atoms with E-state index >= 15 is 0 Å². The lowest BCUT2D eigenvalue weighted by atomic mass is 10.4. The minimum Gasteiger partial charge on any atom is -0.354 e. The molecule has 0 heterocycles. The molecule has 0 aromatic heterocycles. The van der Waals surface area contributed by atoms with E-state index < -0.39 is 5.24 Å². The number of alkyl halides is 4. The van der Waals surface area contributed by atoms with Crippen molar-refractivity contribution in [3.63, 3.8) is 0 Å². The Balaban J connectivity index is -0.000000632. The van der Waals surface area contributed by atoms with Crippen molar-refractivity contribution >= 4 is 81.0 Å². The summed E-state index contributed by atoms with van der Waals surface area (Å²) in [6, 6.07) is 0. The second-order valence-corrected chi connectivity index (χ2v) is 8.48. The van der Waals surface area contributed by atoms with Crippen molar-refractivity contribution in [3.8, 4) is 0 Å². The standard InChI is InChI=1S/C12H21Cl3N4O3.C6H18N4.C2H2Cl2O/c13-7-10(20)16-1-4-19(5-2-17-11(21)8-14)6-3-18-12(22)9-15;7-1-4-10(5-2-8)6-3-9;3-1-2(4)5/h1-9H2,(H,16,20)(H,17,21)(H,18,22);1-9H2;1H2. The van der Waals surface area contributed by atoms with Crippen molar-refractivity contribution in [3.05, 3.63) is 0 Å². The average molecular weight is 635 g/mol. The number of carbonyl (C=O) groups is 4. The van der Waals surface area contributed by atoms with Crippen molar-refractivity contribution in [2.75, 3.05) is 102 Å². The van der Waals surface area contributed by atoms with Crippen LogP contribution >= 0.6 is 58.0 Å². The minimum absolute atomic E-state index is 0.0858. The van der Waals surface area contributed by atoms with Crippen molar-refractivity contribution in [2.45, 2.75) is 0 Å². The Morgan fingerprint density at radius 1 is 0.514 bits per heavy atom. The Morgan fingerprint density at radius 3 is 0.946 bits per heavy atom. The fraction of sp³-hybridized carbons (Fsp3) is 0.800. The lowest BCUT2D eigenvalue weighted by Gasteiger charge is -2.22. The second-order valence-electron chi connectivity index (χ2n) is 6.99. The summed E-state index contributed by atoms with van der Waals surface area (Å²) < 4.78 is 0. The lowest BCUT2D eigenvalue weighted by molar-refractivity contribution is -0.119. The molecule has 0 aliphatic heterocycles. The normalized spacial score (nSPS) is 10.1. The number of nitrogens with two attached hydrogens (primary N) is 3. The Bertz CT molecular complexity index is 530. The lowest BCUT2D eigenvalue weighted by Crippen LogP contribution is -2.43. The summed E-state index contributed by atoms with van der Waals surface area (Å²) in [6.07, 6.45) is 0. The van der Waals surface area contributed by atoms with Gasteiger partial charge in [0.1, 0.15) is 17.6 Å². The Hall–Kier alpha value is -0.670. The van der Waals surface area contributed by atoms with Crippen LogP contribution in [-0.2, 0) is 19.2 Å². The average Bonchev–Trinajstić information content (AvgIpc) is 2.89. The summed E-state index contributed by atoms with van der Waals surface area (Å²) in [7, 11) is 0. The molecular weight excluding hydrogens is 594 g/mol. The topological polar surface area (TPSA) is 189 Å². The molecule has 17 heteroatoms. The predicted molar refractivity (Wildman–Crippen MR) is 153 cm³/mol. The van der Waals surface area contributed by atoms with E-state index in [-0.39, 0.29) is 41.2 Å². The Kier molecular flexibility index (Phi) is 34.8. The molecule has 220 valence electrons. The molecule has 0 aromatic rings. The van der Waals surface area contributed by atoms with E-state index in [1.54, 1.807) is 0 Å². The maximum atomic E-state index is 11.1. The van der Waals surface area contributed by atoms with Crippen LogP contribution in [0.15, 0.2) is 0 Å². The van der Waals surface area contributed by atoms with Crippen LogP contribution in [0.1, 0.15) is 0 Å². The van der Waals surface area contributed by atoms with Crippen molar-refractivity contribution in [1.29, 1.82) is 0 Å². The van der Waals surface area contributed by atoms with Gasteiger partial charge < -0.3 is 33.2 Å². The van der Waals surface area contributed by atoms with Crippen LogP contribution in [0.2, 0.25) is 0 Å². The highest BCUT2D eigenvalue weighted by molar-refractivity contribution is 6.67. The first-order valence-corrected chi connectivity index (χ1v) is 13.9. The fourth-order valence-electron chi connectivity index (χ4n) is 2.42. The van der Waals surface area contributed by atoms with Gasteiger partial charge in [-0.2, -0.15) is 0 Å². The van der Waals surface area contributed by atoms with Crippen LogP contribution in [0.5, 0.6) is 0 Å². The van der Waals surface area contributed by atoms with Crippen LogP contribution in [0.3, 0.4) is 0 Å². The SMILES string of the molecule is NCCN(CCN)CCN.O=C(CCl)NCCN(CCNC(=O)CCl)CCNC(=O)CCl.O=C(Cl)CCl. The molecule has 12 nitrogen and oxygen atoms in total. The largest absolute Gasteiger partial charge is 0.354 e. The van der Waals surface area contributed by atoms with E-state index in [1.165, 1.54) is 0 Å². The van der Waals surface area contributed by atoms with Gasteiger partial charge in [-0.1, -0.05) is 0 Å². The molecule has 0 aliphatic carbocycles. The first-order chi connectivity index (χ1) is 17.6. The summed E-state index contributed by atoms with van der Waals surface area (Å²) >= 11 is 25.7. The van der Waals surface area contributed by atoms with Gasteiger partial charge in [0.25, 0.3) is 0 Å². The molecule has 0 aliphatic rings. The molecular formula is C20H41Cl5N8O4. The molecule has 0 saturated carbocycles. The van der Waals surface area contributed by atoms with Crippen LogP contribution in [-0.4, -0.2) is 135 Å². The fourth-order valence-corrected chi connectivity index (χ4v) is 2.70. The van der Waals surface area contributed by atoms with E-state index in [9.17, 15) is 19.2 Å². The number of carbonyl (C=O) groups excluding carboxylic acids is 4. The van der Waals surface area contributed by atoms with E-state index in [0.717, 1.165) is 19.6 Å². The van der Waals surface area contributed by atoms with Crippen molar-refractivity contribution in [1.82, 2.24) is 25.8 Å². The number of nitrogens with zero attached hydrogens (tertiary/aromatic N) is 2. The number of halogens is 5. The van der Waals surface area contributed by atoms with Gasteiger partial charge in [0.15, 0.2) is 0 Å². The molecule has 0 saturated heterocycles. The first kappa shape index (κ1) is 40.8. The predicted octanol–water partition coefficient (Wildman–Crippen LogP) is -1.49. The van der Waals surface area contributed by atoms with Gasteiger partial charge in [0, 0.05) is 78.5 Å². The summed E-state index contributed by atoms with van der Waals surface area (Å²) in [5.74, 6) is -1.08. The van der Waals surface area contributed by atoms with Gasteiger partial charge in [-0.15, -0.1) is 46.4 Å². The highest BCUT2D eigenvalue weighted by atomic mass is 35.5. The van der Waals surface area contributed by atoms with Gasteiger partial charge in [-0.3, -0.25) is 29.0 Å². The Morgan fingerprint density at radius 2 is 0.757 bits per heavy atom. The highest BCUT2D eigenvalue weighted by Crippen LogP contribution is 1.88. The summed E-state index contributed by atoms with van der Waals surface area (Å²) in [5, 5.41) is 7.45. The number of rotatable bonds is 19. The molecule has 0 bridgehead atoms. The maximum Gasteiger partial charge on any atom is 0.236 e. The van der Waals surface area contributed by atoms with Gasteiger partial charge in [-0.25, -0.2) is 0 Å². The number of nitrogens with one attached hydrogen (secondary N) is 3. The van der Waals surface area contributed by atoms with Crippen molar-refractivity contribution in [2.24, 2.45) is 17.2 Å².